The normalized spacial score (nSPS) is 10.8. The van der Waals surface area contributed by atoms with Crippen LogP contribution in [0.15, 0.2) is 23.4 Å². The first-order valence-electron chi connectivity index (χ1n) is 8.59. The lowest BCUT2D eigenvalue weighted by molar-refractivity contribution is -0.113. The van der Waals surface area contributed by atoms with Crippen molar-refractivity contribution in [3.63, 3.8) is 0 Å². The summed E-state index contributed by atoms with van der Waals surface area (Å²) in [6, 6.07) is 6.20. The van der Waals surface area contributed by atoms with Gasteiger partial charge < -0.3 is 9.88 Å². The highest BCUT2D eigenvalue weighted by molar-refractivity contribution is 7.99. The van der Waals surface area contributed by atoms with Gasteiger partial charge in [0, 0.05) is 18.7 Å². The number of carbonyl (C=O) groups excluding carboxylic acids is 1. The van der Waals surface area contributed by atoms with Crippen LogP contribution < -0.4 is 5.32 Å². The van der Waals surface area contributed by atoms with Crippen molar-refractivity contribution in [1.29, 1.82) is 0 Å². The average Bonchev–Trinajstić information content (AvgIpc) is 3.02. The summed E-state index contributed by atoms with van der Waals surface area (Å²) in [7, 11) is 0. The van der Waals surface area contributed by atoms with Crippen LogP contribution in [-0.2, 0) is 30.6 Å². The highest BCUT2D eigenvalue weighted by Gasteiger charge is 2.14. The van der Waals surface area contributed by atoms with Gasteiger partial charge in [-0.1, -0.05) is 50.7 Å². The Morgan fingerprint density at radius 3 is 2.29 bits per heavy atom. The SMILES string of the molecule is CCc1cccc(CC)c1NC(=O)CSc1nnc(CC)n1CC. The second-order valence-corrected chi connectivity index (χ2v) is 6.43. The molecule has 0 bridgehead atoms. The number of nitrogens with one attached hydrogen (secondary N) is 1. The van der Waals surface area contributed by atoms with E-state index >= 15 is 0 Å². The Morgan fingerprint density at radius 2 is 1.75 bits per heavy atom. The molecular weight excluding hydrogens is 320 g/mol. The van der Waals surface area contributed by atoms with E-state index in [0.29, 0.717) is 5.75 Å². The highest BCUT2D eigenvalue weighted by Crippen LogP contribution is 2.24. The zero-order chi connectivity index (χ0) is 17.5. The van der Waals surface area contributed by atoms with Crippen LogP contribution in [0.5, 0.6) is 0 Å². The molecule has 0 spiro atoms. The number of para-hydroxylation sites is 1. The molecule has 0 aliphatic rings. The number of aromatic nitrogens is 3. The predicted molar refractivity (Wildman–Crippen MR) is 99.6 cm³/mol. The number of rotatable bonds is 8. The lowest BCUT2D eigenvalue weighted by Gasteiger charge is -2.14. The molecular formula is C18H26N4OS. The van der Waals surface area contributed by atoms with E-state index in [9.17, 15) is 4.79 Å². The molecule has 0 fully saturated rings. The molecule has 0 saturated heterocycles. The standard InChI is InChI=1S/C18H26N4OS/c1-5-13-10-9-11-14(6-2)17(13)19-16(23)12-24-18-21-20-15(7-3)22(18)8-4/h9-11H,5-8,12H2,1-4H3,(H,19,23). The van der Waals surface area contributed by atoms with Gasteiger partial charge in [-0.3, -0.25) is 4.79 Å². The first-order valence-corrected chi connectivity index (χ1v) is 9.58. The van der Waals surface area contributed by atoms with Crippen molar-refractivity contribution in [3.8, 4) is 0 Å². The van der Waals surface area contributed by atoms with Crippen LogP contribution >= 0.6 is 11.8 Å². The maximum Gasteiger partial charge on any atom is 0.234 e. The number of amides is 1. The molecule has 5 nitrogen and oxygen atoms in total. The lowest BCUT2D eigenvalue weighted by atomic mass is 10.0. The zero-order valence-electron chi connectivity index (χ0n) is 14.9. The molecule has 2 aromatic rings. The minimum atomic E-state index is -0.000647. The van der Waals surface area contributed by atoms with Crippen molar-refractivity contribution in [1.82, 2.24) is 14.8 Å². The van der Waals surface area contributed by atoms with Crippen molar-refractivity contribution in [2.45, 2.75) is 58.7 Å². The molecule has 1 amide bonds. The van der Waals surface area contributed by atoms with Crippen LogP contribution in [0.4, 0.5) is 5.69 Å². The second-order valence-electron chi connectivity index (χ2n) is 5.49. The predicted octanol–water partition coefficient (Wildman–Crippen LogP) is 3.72. The fraction of sp³-hybridized carbons (Fsp3) is 0.500. The Labute approximate surface area is 148 Å². The van der Waals surface area contributed by atoms with Crippen LogP contribution in [-0.4, -0.2) is 26.4 Å². The van der Waals surface area contributed by atoms with Crippen LogP contribution in [0.2, 0.25) is 0 Å². The highest BCUT2D eigenvalue weighted by atomic mass is 32.2. The quantitative estimate of drug-likeness (QED) is 0.740. The van der Waals surface area contributed by atoms with Gasteiger partial charge in [-0.25, -0.2) is 0 Å². The first kappa shape index (κ1) is 18.5. The minimum Gasteiger partial charge on any atom is -0.325 e. The van der Waals surface area contributed by atoms with Crippen molar-refractivity contribution in [2.75, 3.05) is 11.1 Å². The number of aryl methyl sites for hydroxylation is 3. The summed E-state index contributed by atoms with van der Waals surface area (Å²) in [4.78, 5) is 12.4. The summed E-state index contributed by atoms with van der Waals surface area (Å²) in [5.41, 5.74) is 3.33. The molecule has 6 heteroatoms. The monoisotopic (exact) mass is 346 g/mol. The molecule has 1 heterocycles. The molecule has 0 unspecified atom stereocenters. The summed E-state index contributed by atoms with van der Waals surface area (Å²) >= 11 is 1.44. The Morgan fingerprint density at radius 1 is 1.08 bits per heavy atom. The number of hydrogen-bond donors (Lipinski definition) is 1. The van der Waals surface area contributed by atoms with Crippen molar-refractivity contribution in [3.05, 3.63) is 35.2 Å². The fourth-order valence-electron chi connectivity index (χ4n) is 2.71. The summed E-state index contributed by atoms with van der Waals surface area (Å²) in [5, 5.41) is 12.3. The van der Waals surface area contributed by atoms with Crippen LogP contribution in [0.25, 0.3) is 0 Å². The van der Waals surface area contributed by atoms with Crippen LogP contribution in [0.1, 0.15) is 44.6 Å². The lowest BCUT2D eigenvalue weighted by Crippen LogP contribution is -2.17. The number of nitrogens with zero attached hydrogens (tertiary/aromatic N) is 3. The molecule has 0 saturated carbocycles. The Balaban J connectivity index is 2.06. The Bertz CT molecular complexity index is 674. The molecule has 1 N–H and O–H groups in total. The van der Waals surface area contributed by atoms with Gasteiger partial charge >= 0.3 is 0 Å². The third-order valence-electron chi connectivity index (χ3n) is 4.02. The van der Waals surface area contributed by atoms with E-state index in [-0.39, 0.29) is 5.91 Å². The molecule has 0 aliphatic heterocycles. The number of thioether (sulfide) groups is 1. The number of hydrogen-bond acceptors (Lipinski definition) is 4. The Kier molecular flexibility index (Phi) is 6.85. The molecule has 130 valence electrons. The van der Waals surface area contributed by atoms with Crippen LogP contribution in [0, 0.1) is 0 Å². The van der Waals surface area contributed by atoms with E-state index in [2.05, 4.69) is 66.0 Å². The van der Waals surface area contributed by atoms with E-state index in [1.807, 2.05) is 0 Å². The maximum absolute atomic E-state index is 12.4. The van der Waals surface area contributed by atoms with E-state index in [1.54, 1.807) is 0 Å². The molecule has 0 aliphatic carbocycles. The van der Waals surface area contributed by atoms with E-state index < -0.39 is 0 Å². The summed E-state index contributed by atoms with van der Waals surface area (Å²) in [6.07, 6.45) is 2.65. The van der Waals surface area contributed by atoms with Crippen molar-refractivity contribution in [2.24, 2.45) is 0 Å². The first-order chi connectivity index (χ1) is 11.6. The van der Waals surface area contributed by atoms with E-state index in [4.69, 9.17) is 0 Å². The van der Waals surface area contributed by atoms with Gasteiger partial charge in [0.25, 0.3) is 0 Å². The molecule has 0 atom stereocenters. The molecule has 1 aromatic carbocycles. The van der Waals surface area contributed by atoms with Gasteiger partial charge in [0.2, 0.25) is 5.91 Å². The molecule has 1 aromatic heterocycles. The number of anilines is 1. The second kappa shape index (κ2) is 8.87. The summed E-state index contributed by atoms with van der Waals surface area (Å²) < 4.78 is 2.06. The number of carbonyl (C=O) groups is 1. The van der Waals surface area contributed by atoms with Gasteiger partial charge in [0.1, 0.15) is 5.82 Å². The smallest absolute Gasteiger partial charge is 0.234 e. The number of benzene rings is 1. The zero-order valence-corrected chi connectivity index (χ0v) is 15.7. The van der Waals surface area contributed by atoms with E-state index in [1.165, 1.54) is 22.9 Å². The average molecular weight is 347 g/mol. The fourth-order valence-corrected chi connectivity index (χ4v) is 3.53. The van der Waals surface area contributed by atoms with Crippen molar-refractivity contribution >= 4 is 23.4 Å². The van der Waals surface area contributed by atoms with E-state index in [0.717, 1.165) is 42.5 Å². The Hall–Kier alpha value is -1.82. The van der Waals surface area contributed by atoms with Gasteiger partial charge in [-0.05, 0) is 30.9 Å². The summed E-state index contributed by atoms with van der Waals surface area (Å²) in [6.45, 7) is 9.16. The third-order valence-corrected chi connectivity index (χ3v) is 4.99. The largest absolute Gasteiger partial charge is 0.325 e. The summed E-state index contributed by atoms with van der Waals surface area (Å²) in [5.74, 6) is 1.30. The van der Waals surface area contributed by atoms with Crippen molar-refractivity contribution < 1.29 is 4.79 Å². The van der Waals surface area contributed by atoms with Gasteiger partial charge in [-0.2, -0.15) is 0 Å². The molecule has 0 radical (unpaired) electrons. The molecule has 2 rings (SSSR count). The third kappa shape index (κ3) is 4.17. The van der Waals surface area contributed by atoms with Gasteiger partial charge in [0.15, 0.2) is 5.16 Å². The van der Waals surface area contributed by atoms with Gasteiger partial charge in [0.05, 0.1) is 5.75 Å². The molecule has 24 heavy (non-hydrogen) atoms. The minimum absolute atomic E-state index is 0.000647. The van der Waals surface area contributed by atoms with Gasteiger partial charge in [-0.15, -0.1) is 10.2 Å². The van der Waals surface area contributed by atoms with Crippen LogP contribution in [0.3, 0.4) is 0 Å². The maximum atomic E-state index is 12.4. The topological polar surface area (TPSA) is 59.8 Å².